The summed E-state index contributed by atoms with van der Waals surface area (Å²) in [5.41, 5.74) is 10.5. The van der Waals surface area contributed by atoms with Gasteiger partial charge in [0.05, 0.1) is 6.61 Å². The molecule has 2 atom stereocenters. The molecule has 3 rings (SSSR count). The lowest BCUT2D eigenvalue weighted by molar-refractivity contribution is 0.309. The Labute approximate surface area is 145 Å². The predicted octanol–water partition coefficient (Wildman–Crippen LogP) is 4.50. The monoisotopic (exact) mass is 331 g/mol. The Kier molecular flexibility index (Phi) is 6.49. The zero-order valence-electron chi connectivity index (χ0n) is 13.7. The van der Waals surface area contributed by atoms with Gasteiger partial charge in [-0.2, -0.15) is 0 Å². The average Bonchev–Trinajstić information content (AvgIpc) is 2.85. The van der Waals surface area contributed by atoms with Gasteiger partial charge < -0.3 is 10.5 Å². The number of fused-ring (bicyclic) bond motifs is 1. The molecular formula is C20H26ClNO. The molecule has 3 heteroatoms. The van der Waals surface area contributed by atoms with Crippen molar-refractivity contribution >= 4 is 12.4 Å². The second-order valence-corrected chi connectivity index (χ2v) is 6.22. The molecule has 0 amide bonds. The molecule has 2 aromatic rings. The van der Waals surface area contributed by atoms with Gasteiger partial charge in [0.2, 0.25) is 0 Å². The van der Waals surface area contributed by atoms with Crippen LogP contribution in [0.4, 0.5) is 0 Å². The first kappa shape index (κ1) is 17.8. The minimum atomic E-state index is 0. The molecule has 0 aliphatic heterocycles. The van der Waals surface area contributed by atoms with E-state index in [1.54, 1.807) is 0 Å². The third-order valence-electron chi connectivity index (χ3n) is 4.57. The number of halogens is 1. The summed E-state index contributed by atoms with van der Waals surface area (Å²) in [6.07, 6.45) is 4.28. The number of hydrogen-bond acceptors (Lipinski definition) is 2. The SMILES string of the molecule is CCCCOc1ccc(C[C@@H]2c3ccccc3C[C@@H]2N)cc1.Cl. The van der Waals surface area contributed by atoms with Crippen LogP contribution in [-0.2, 0) is 12.8 Å². The van der Waals surface area contributed by atoms with Crippen LogP contribution in [0.25, 0.3) is 0 Å². The smallest absolute Gasteiger partial charge is 0.119 e. The third kappa shape index (κ3) is 4.27. The highest BCUT2D eigenvalue weighted by atomic mass is 35.5. The van der Waals surface area contributed by atoms with Crippen LogP contribution in [0, 0.1) is 0 Å². The van der Waals surface area contributed by atoms with Crippen LogP contribution in [0.3, 0.4) is 0 Å². The molecule has 0 radical (unpaired) electrons. The van der Waals surface area contributed by atoms with Crippen molar-refractivity contribution in [2.45, 2.75) is 44.6 Å². The second kappa shape index (κ2) is 8.37. The molecule has 0 spiro atoms. The maximum Gasteiger partial charge on any atom is 0.119 e. The molecule has 2 nitrogen and oxygen atoms in total. The van der Waals surface area contributed by atoms with Crippen LogP contribution < -0.4 is 10.5 Å². The Morgan fingerprint density at radius 2 is 1.83 bits per heavy atom. The van der Waals surface area contributed by atoms with Crippen LogP contribution in [0.2, 0.25) is 0 Å². The molecule has 124 valence electrons. The van der Waals surface area contributed by atoms with E-state index in [0.717, 1.165) is 38.0 Å². The molecule has 0 heterocycles. The van der Waals surface area contributed by atoms with Gasteiger partial charge in [0, 0.05) is 12.0 Å². The van der Waals surface area contributed by atoms with Gasteiger partial charge in [-0.25, -0.2) is 0 Å². The Morgan fingerprint density at radius 3 is 2.57 bits per heavy atom. The molecule has 1 aliphatic carbocycles. The summed E-state index contributed by atoms with van der Waals surface area (Å²) < 4.78 is 5.72. The first-order valence-electron chi connectivity index (χ1n) is 8.33. The standard InChI is InChI=1S/C20H25NO.ClH/c1-2-3-12-22-17-10-8-15(9-11-17)13-19-18-7-5-4-6-16(18)14-20(19)21;/h4-11,19-20H,2-3,12-14,21H2,1H3;1H/t19-,20+;/m1./s1. The number of nitrogens with two attached hydrogens (primary N) is 1. The van der Waals surface area contributed by atoms with E-state index in [9.17, 15) is 0 Å². The predicted molar refractivity (Wildman–Crippen MR) is 98.7 cm³/mol. The summed E-state index contributed by atoms with van der Waals surface area (Å²) >= 11 is 0. The molecule has 23 heavy (non-hydrogen) atoms. The van der Waals surface area contributed by atoms with Crippen molar-refractivity contribution in [3.05, 3.63) is 65.2 Å². The van der Waals surface area contributed by atoms with Gasteiger partial charge in [0.15, 0.2) is 0 Å². The Balaban J connectivity index is 0.00000192. The van der Waals surface area contributed by atoms with E-state index < -0.39 is 0 Å². The average molecular weight is 332 g/mol. The van der Waals surface area contributed by atoms with Crippen LogP contribution in [0.5, 0.6) is 5.75 Å². The lowest BCUT2D eigenvalue weighted by Crippen LogP contribution is -2.26. The summed E-state index contributed by atoms with van der Waals surface area (Å²) in [5.74, 6) is 1.40. The Morgan fingerprint density at radius 1 is 1.09 bits per heavy atom. The van der Waals surface area contributed by atoms with Crippen LogP contribution >= 0.6 is 12.4 Å². The van der Waals surface area contributed by atoms with E-state index in [4.69, 9.17) is 10.5 Å². The van der Waals surface area contributed by atoms with E-state index in [1.165, 1.54) is 16.7 Å². The first-order chi connectivity index (χ1) is 10.8. The van der Waals surface area contributed by atoms with Crippen molar-refractivity contribution in [1.82, 2.24) is 0 Å². The van der Waals surface area contributed by atoms with Gasteiger partial charge in [0.1, 0.15) is 5.75 Å². The van der Waals surface area contributed by atoms with Crippen LogP contribution in [-0.4, -0.2) is 12.6 Å². The molecule has 2 aromatic carbocycles. The molecule has 0 fully saturated rings. The molecule has 0 aromatic heterocycles. The van der Waals surface area contributed by atoms with Gasteiger partial charge in [-0.05, 0) is 48.1 Å². The van der Waals surface area contributed by atoms with Crippen molar-refractivity contribution in [2.75, 3.05) is 6.61 Å². The van der Waals surface area contributed by atoms with E-state index >= 15 is 0 Å². The van der Waals surface area contributed by atoms with Gasteiger partial charge in [0.25, 0.3) is 0 Å². The number of unbranched alkanes of at least 4 members (excludes halogenated alkanes) is 1. The lowest BCUT2D eigenvalue weighted by Gasteiger charge is -2.17. The van der Waals surface area contributed by atoms with Gasteiger partial charge >= 0.3 is 0 Å². The van der Waals surface area contributed by atoms with Crippen molar-refractivity contribution in [1.29, 1.82) is 0 Å². The third-order valence-corrected chi connectivity index (χ3v) is 4.57. The Hall–Kier alpha value is -1.51. The highest BCUT2D eigenvalue weighted by Crippen LogP contribution is 2.34. The molecule has 1 aliphatic rings. The minimum Gasteiger partial charge on any atom is -0.494 e. The fraction of sp³-hybridized carbons (Fsp3) is 0.400. The molecule has 2 N–H and O–H groups in total. The topological polar surface area (TPSA) is 35.2 Å². The molecule has 0 unspecified atom stereocenters. The van der Waals surface area contributed by atoms with Crippen molar-refractivity contribution in [3.63, 3.8) is 0 Å². The molecular weight excluding hydrogens is 306 g/mol. The van der Waals surface area contributed by atoms with E-state index in [2.05, 4.69) is 55.5 Å². The Bertz CT molecular complexity index is 611. The number of rotatable bonds is 6. The summed E-state index contributed by atoms with van der Waals surface area (Å²) in [5, 5.41) is 0. The van der Waals surface area contributed by atoms with E-state index in [-0.39, 0.29) is 18.4 Å². The quantitative estimate of drug-likeness (QED) is 0.791. The van der Waals surface area contributed by atoms with Gasteiger partial charge in [-0.1, -0.05) is 49.7 Å². The fourth-order valence-corrected chi connectivity index (χ4v) is 3.28. The minimum absolute atomic E-state index is 0. The van der Waals surface area contributed by atoms with E-state index in [0.29, 0.717) is 5.92 Å². The number of ether oxygens (including phenoxy) is 1. The summed E-state index contributed by atoms with van der Waals surface area (Å²) in [4.78, 5) is 0. The van der Waals surface area contributed by atoms with Crippen LogP contribution in [0.1, 0.15) is 42.4 Å². The fourth-order valence-electron chi connectivity index (χ4n) is 3.28. The summed E-state index contributed by atoms with van der Waals surface area (Å²) in [7, 11) is 0. The van der Waals surface area contributed by atoms with Crippen molar-refractivity contribution in [2.24, 2.45) is 5.73 Å². The maximum atomic E-state index is 6.36. The second-order valence-electron chi connectivity index (χ2n) is 6.22. The largest absolute Gasteiger partial charge is 0.494 e. The molecule has 0 bridgehead atoms. The highest BCUT2D eigenvalue weighted by molar-refractivity contribution is 5.85. The highest BCUT2D eigenvalue weighted by Gasteiger charge is 2.29. The number of benzene rings is 2. The van der Waals surface area contributed by atoms with Crippen LogP contribution in [0.15, 0.2) is 48.5 Å². The number of hydrogen-bond donors (Lipinski definition) is 1. The summed E-state index contributed by atoms with van der Waals surface area (Å²) in [6.45, 7) is 2.98. The first-order valence-corrected chi connectivity index (χ1v) is 8.33. The maximum absolute atomic E-state index is 6.36. The van der Waals surface area contributed by atoms with E-state index in [1.807, 2.05) is 0 Å². The molecule has 0 saturated heterocycles. The normalized spacial score (nSPS) is 19.0. The summed E-state index contributed by atoms with van der Waals surface area (Å²) in [6, 6.07) is 17.4. The lowest BCUT2D eigenvalue weighted by atomic mass is 9.91. The van der Waals surface area contributed by atoms with Crippen molar-refractivity contribution < 1.29 is 4.74 Å². The zero-order chi connectivity index (χ0) is 15.4. The van der Waals surface area contributed by atoms with Gasteiger partial charge in [-0.15, -0.1) is 12.4 Å². The van der Waals surface area contributed by atoms with Crippen molar-refractivity contribution in [3.8, 4) is 5.75 Å². The molecule has 0 saturated carbocycles. The van der Waals surface area contributed by atoms with Gasteiger partial charge in [-0.3, -0.25) is 0 Å². The zero-order valence-corrected chi connectivity index (χ0v) is 14.5.